The number of thioether (sulfide) groups is 1. The molecule has 1 heterocycles. The lowest BCUT2D eigenvalue weighted by Crippen LogP contribution is -2.23. The molecule has 6 heteroatoms. The molecular weight excluding hydrogens is 436 g/mol. The van der Waals surface area contributed by atoms with Gasteiger partial charge < -0.3 is 24.4 Å². The highest BCUT2D eigenvalue weighted by Gasteiger charge is 2.17. The molecule has 1 aliphatic rings. The molecule has 0 aromatic heterocycles. The summed E-state index contributed by atoms with van der Waals surface area (Å²) in [7, 11) is 0. The molecule has 1 aliphatic heterocycles. The van der Waals surface area contributed by atoms with E-state index < -0.39 is 0 Å². The minimum absolute atomic E-state index is 0.0975. The van der Waals surface area contributed by atoms with Crippen LogP contribution in [0.5, 0.6) is 17.2 Å². The smallest absolute Gasteiger partial charge is 0.157 e. The molecule has 0 aliphatic carbocycles. The first-order valence-electron chi connectivity index (χ1n) is 11.3. The Kier molecular flexibility index (Phi) is 8.15. The zero-order chi connectivity index (χ0) is 23.0. The third kappa shape index (κ3) is 6.22. The maximum atomic E-state index is 9.76. The van der Waals surface area contributed by atoms with Crippen LogP contribution in [0.3, 0.4) is 0 Å². The Bertz CT molecular complexity index is 961. The molecule has 0 radical (unpaired) electrons. The van der Waals surface area contributed by atoms with Crippen molar-refractivity contribution in [2.24, 2.45) is 0 Å². The summed E-state index contributed by atoms with van der Waals surface area (Å²) in [5.74, 6) is 1.23. The number of phenolic OH excluding ortho intramolecular Hbond substituents is 2. The SMILES string of the molecule is CSc1cc(-c2ccc(O)cc2)c(OCCCOC2CCCCO2)c(-c2ccc(O)cc2)c1. The molecule has 5 nitrogen and oxygen atoms in total. The molecule has 0 saturated carbocycles. The fourth-order valence-corrected chi connectivity index (χ4v) is 4.35. The number of aromatic hydroxyl groups is 2. The van der Waals surface area contributed by atoms with E-state index in [1.54, 1.807) is 36.0 Å². The first-order chi connectivity index (χ1) is 16.1. The van der Waals surface area contributed by atoms with E-state index in [4.69, 9.17) is 14.2 Å². The lowest BCUT2D eigenvalue weighted by atomic mass is 9.97. The van der Waals surface area contributed by atoms with Gasteiger partial charge in [0, 0.05) is 29.1 Å². The van der Waals surface area contributed by atoms with Crippen LogP contribution in [0.2, 0.25) is 0 Å². The van der Waals surface area contributed by atoms with E-state index in [0.717, 1.165) is 65.2 Å². The average Bonchev–Trinajstić information content (AvgIpc) is 2.85. The highest BCUT2D eigenvalue weighted by molar-refractivity contribution is 7.98. The van der Waals surface area contributed by atoms with Gasteiger partial charge in [-0.1, -0.05) is 24.3 Å². The summed E-state index contributed by atoms with van der Waals surface area (Å²) >= 11 is 1.66. The van der Waals surface area contributed by atoms with Crippen LogP contribution in [0.4, 0.5) is 0 Å². The van der Waals surface area contributed by atoms with Gasteiger partial charge in [0.2, 0.25) is 0 Å². The summed E-state index contributed by atoms with van der Waals surface area (Å²) < 4.78 is 17.9. The first-order valence-corrected chi connectivity index (χ1v) is 12.5. The topological polar surface area (TPSA) is 68.2 Å². The van der Waals surface area contributed by atoms with Gasteiger partial charge in [0.25, 0.3) is 0 Å². The number of benzene rings is 3. The van der Waals surface area contributed by atoms with Gasteiger partial charge in [-0.25, -0.2) is 0 Å². The molecule has 0 amide bonds. The van der Waals surface area contributed by atoms with Gasteiger partial charge in [-0.2, -0.15) is 0 Å². The minimum atomic E-state index is -0.0975. The predicted molar refractivity (Wildman–Crippen MR) is 132 cm³/mol. The van der Waals surface area contributed by atoms with Gasteiger partial charge in [-0.15, -0.1) is 11.8 Å². The fraction of sp³-hybridized carbons (Fsp3) is 0.333. The standard InChI is InChI=1S/C27H30O5S/c1-33-23-17-24(19-6-10-21(28)11-7-19)27(25(18-23)20-8-12-22(29)13-9-20)32-16-4-15-31-26-5-2-3-14-30-26/h6-13,17-18,26,28-29H,2-5,14-16H2,1H3. The molecule has 4 rings (SSSR count). The molecule has 2 N–H and O–H groups in total. The highest BCUT2D eigenvalue weighted by Crippen LogP contribution is 2.43. The van der Waals surface area contributed by atoms with Crippen molar-refractivity contribution in [2.45, 2.75) is 36.9 Å². The van der Waals surface area contributed by atoms with Gasteiger partial charge in [0.1, 0.15) is 17.2 Å². The Balaban J connectivity index is 1.60. The van der Waals surface area contributed by atoms with Crippen LogP contribution in [-0.2, 0) is 9.47 Å². The van der Waals surface area contributed by atoms with E-state index in [1.807, 2.05) is 30.5 Å². The average molecular weight is 467 g/mol. The molecule has 1 saturated heterocycles. The van der Waals surface area contributed by atoms with Crippen molar-refractivity contribution in [3.63, 3.8) is 0 Å². The van der Waals surface area contributed by atoms with Crippen molar-refractivity contribution in [2.75, 3.05) is 26.1 Å². The van der Waals surface area contributed by atoms with Crippen molar-refractivity contribution in [1.29, 1.82) is 0 Å². The molecule has 3 aromatic rings. The molecule has 1 fully saturated rings. The summed E-state index contributed by atoms with van der Waals surface area (Å²) in [4.78, 5) is 1.10. The summed E-state index contributed by atoms with van der Waals surface area (Å²) in [6.45, 7) is 1.85. The monoisotopic (exact) mass is 466 g/mol. The lowest BCUT2D eigenvalue weighted by molar-refractivity contribution is -0.163. The Labute approximate surface area is 199 Å². The van der Waals surface area contributed by atoms with Crippen LogP contribution < -0.4 is 4.74 Å². The van der Waals surface area contributed by atoms with Crippen LogP contribution in [-0.4, -0.2) is 42.6 Å². The van der Waals surface area contributed by atoms with E-state index in [-0.39, 0.29) is 17.8 Å². The van der Waals surface area contributed by atoms with Crippen LogP contribution in [0, 0.1) is 0 Å². The molecule has 33 heavy (non-hydrogen) atoms. The summed E-state index contributed by atoms with van der Waals surface area (Å²) in [6, 6.07) is 18.5. The highest BCUT2D eigenvalue weighted by atomic mass is 32.2. The minimum Gasteiger partial charge on any atom is -0.508 e. The maximum absolute atomic E-state index is 9.76. The predicted octanol–water partition coefficient (Wildman–Crippen LogP) is 6.47. The zero-order valence-electron chi connectivity index (χ0n) is 18.8. The van der Waals surface area contributed by atoms with E-state index in [0.29, 0.717) is 13.2 Å². The van der Waals surface area contributed by atoms with E-state index >= 15 is 0 Å². The number of ether oxygens (including phenoxy) is 3. The fourth-order valence-electron chi connectivity index (χ4n) is 3.88. The van der Waals surface area contributed by atoms with Crippen molar-refractivity contribution < 1.29 is 24.4 Å². The maximum Gasteiger partial charge on any atom is 0.157 e. The van der Waals surface area contributed by atoms with Gasteiger partial charge in [-0.3, -0.25) is 0 Å². The third-order valence-electron chi connectivity index (χ3n) is 5.63. The van der Waals surface area contributed by atoms with Crippen molar-refractivity contribution in [3.8, 4) is 39.5 Å². The normalized spacial score (nSPS) is 16.0. The lowest BCUT2D eigenvalue weighted by Gasteiger charge is -2.23. The molecule has 1 unspecified atom stereocenters. The second-order valence-electron chi connectivity index (χ2n) is 8.01. The zero-order valence-corrected chi connectivity index (χ0v) is 19.6. The van der Waals surface area contributed by atoms with Crippen molar-refractivity contribution >= 4 is 11.8 Å². The van der Waals surface area contributed by atoms with Crippen LogP contribution in [0.1, 0.15) is 25.7 Å². The summed E-state index contributed by atoms with van der Waals surface area (Å²) in [5, 5.41) is 19.5. The number of phenols is 2. The Morgan fingerprint density at radius 2 is 1.48 bits per heavy atom. The number of hydrogen-bond donors (Lipinski definition) is 2. The van der Waals surface area contributed by atoms with Gasteiger partial charge >= 0.3 is 0 Å². The summed E-state index contributed by atoms with van der Waals surface area (Å²) in [5.41, 5.74) is 3.85. The van der Waals surface area contributed by atoms with E-state index in [2.05, 4.69) is 12.1 Å². The van der Waals surface area contributed by atoms with Crippen molar-refractivity contribution in [1.82, 2.24) is 0 Å². The third-order valence-corrected chi connectivity index (χ3v) is 6.34. The van der Waals surface area contributed by atoms with Crippen molar-refractivity contribution in [3.05, 3.63) is 60.7 Å². The van der Waals surface area contributed by atoms with Crippen LogP contribution in [0.25, 0.3) is 22.3 Å². The van der Waals surface area contributed by atoms with Gasteiger partial charge in [0.15, 0.2) is 6.29 Å². The molecule has 3 aromatic carbocycles. The van der Waals surface area contributed by atoms with Gasteiger partial charge in [0.05, 0.1) is 13.2 Å². The van der Waals surface area contributed by atoms with Gasteiger partial charge in [-0.05, 0) is 73.0 Å². The van der Waals surface area contributed by atoms with E-state index in [1.165, 1.54) is 0 Å². The Hall–Kier alpha value is -2.67. The molecule has 174 valence electrons. The first kappa shape index (κ1) is 23.5. The second kappa shape index (κ2) is 11.5. The van der Waals surface area contributed by atoms with E-state index in [9.17, 15) is 10.2 Å². The van der Waals surface area contributed by atoms with Crippen LogP contribution in [0.15, 0.2) is 65.6 Å². The number of rotatable bonds is 9. The quantitative estimate of drug-likeness (QED) is 0.278. The molecular formula is C27H30O5S. The summed E-state index contributed by atoms with van der Waals surface area (Å²) in [6.07, 6.45) is 5.90. The Morgan fingerprint density at radius 3 is 2.00 bits per heavy atom. The largest absolute Gasteiger partial charge is 0.508 e. The number of hydrogen-bond acceptors (Lipinski definition) is 6. The molecule has 0 spiro atoms. The van der Waals surface area contributed by atoms with Crippen LogP contribution >= 0.6 is 11.8 Å². The molecule has 1 atom stereocenters. The second-order valence-corrected chi connectivity index (χ2v) is 8.89. The Morgan fingerprint density at radius 1 is 0.879 bits per heavy atom. The molecule has 0 bridgehead atoms.